The molecular weight excluding hydrogens is 536 g/mol. The number of alkyl halides is 5. The number of alkyl carbamates (subject to hydrolysis) is 1. The third-order valence-electron chi connectivity index (χ3n) is 5.60. The van der Waals surface area contributed by atoms with Crippen LogP contribution < -0.4 is 5.32 Å². The summed E-state index contributed by atoms with van der Waals surface area (Å²) in [5, 5.41) is 9.39. The second kappa shape index (κ2) is 9.93. The molecule has 0 bridgehead atoms. The molecule has 0 saturated carbocycles. The van der Waals surface area contributed by atoms with Crippen LogP contribution in [0.2, 0.25) is 0 Å². The van der Waals surface area contributed by atoms with Crippen molar-refractivity contribution in [1.82, 2.24) is 20.3 Å². The first-order valence-electron chi connectivity index (χ1n) is 11.5. The van der Waals surface area contributed by atoms with E-state index in [1.54, 1.807) is 20.8 Å². The molecule has 3 aromatic rings. The fourth-order valence-electron chi connectivity index (χ4n) is 3.85. The lowest BCUT2D eigenvalue weighted by atomic mass is 9.84. The van der Waals surface area contributed by atoms with E-state index in [1.165, 1.54) is 25.1 Å². The molecule has 2 aromatic heterocycles. The van der Waals surface area contributed by atoms with E-state index in [-0.39, 0.29) is 28.1 Å². The Labute approximate surface area is 217 Å². The van der Waals surface area contributed by atoms with Gasteiger partial charge in [0.15, 0.2) is 11.9 Å². The zero-order chi connectivity index (χ0) is 28.8. The van der Waals surface area contributed by atoms with E-state index in [9.17, 15) is 26.7 Å². The number of aliphatic imine (C=N–C) groups is 1. The molecule has 9 nitrogen and oxygen atoms in total. The van der Waals surface area contributed by atoms with Crippen LogP contribution in [0.25, 0.3) is 22.6 Å². The number of nitrogens with zero attached hydrogens (tertiary/aromatic N) is 4. The predicted molar refractivity (Wildman–Crippen MR) is 124 cm³/mol. The number of carbonyl (C=O) groups is 1. The molecule has 1 aliphatic rings. The summed E-state index contributed by atoms with van der Waals surface area (Å²) in [6.07, 6.45) is -6.99. The van der Waals surface area contributed by atoms with Gasteiger partial charge in [0.2, 0.25) is 0 Å². The normalized spacial score (nSPS) is 20.0. The molecule has 0 radical (unpaired) electrons. The lowest BCUT2D eigenvalue weighted by molar-refractivity contribution is -0.208. The smallest absolute Gasteiger partial charge is 0.425 e. The summed E-state index contributed by atoms with van der Waals surface area (Å²) in [6, 6.07) is 4.15. The number of amidine groups is 1. The molecule has 0 unspecified atom stereocenters. The number of rotatable bonds is 4. The minimum absolute atomic E-state index is 0.0789. The molecule has 0 spiro atoms. The van der Waals surface area contributed by atoms with E-state index < -0.39 is 54.3 Å². The van der Waals surface area contributed by atoms with Crippen LogP contribution in [0.3, 0.4) is 0 Å². The lowest BCUT2D eigenvalue weighted by Crippen LogP contribution is -2.49. The van der Waals surface area contributed by atoms with E-state index in [1.807, 2.05) is 0 Å². The van der Waals surface area contributed by atoms with Crippen LogP contribution >= 0.6 is 0 Å². The maximum absolute atomic E-state index is 15.1. The number of hydrogen-bond acceptors (Lipinski definition) is 7. The Morgan fingerprint density at radius 1 is 1.21 bits per heavy atom. The van der Waals surface area contributed by atoms with Gasteiger partial charge in [-0.05, 0) is 45.9 Å². The first-order valence-corrected chi connectivity index (χ1v) is 11.5. The number of nitrogens with one attached hydrogen (secondary N) is 1. The van der Waals surface area contributed by atoms with Crippen LogP contribution in [0.5, 0.6) is 0 Å². The highest BCUT2D eigenvalue weighted by atomic mass is 19.4. The molecular formula is C24H23F6N5O4. The van der Waals surface area contributed by atoms with Crippen LogP contribution in [-0.4, -0.2) is 44.9 Å². The minimum Gasteiger partial charge on any atom is -0.452 e. The minimum atomic E-state index is -4.87. The summed E-state index contributed by atoms with van der Waals surface area (Å²) in [4.78, 5) is 16.3. The second-order valence-corrected chi connectivity index (χ2v) is 9.93. The quantitative estimate of drug-likeness (QED) is 0.383. The van der Waals surface area contributed by atoms with Crippen LogP contribution in [0, 0.1) is 5.82 Å². The number of carbonyl (C=O) groups excluding carboxylic acids is 1. The van der Waals surface area contributed by atoms with Gasteiger partial charge in [-0.3, -0.25) is 0 Å². The number of hydrogen-bond donors (Lipinski definition) is 1. The molecule has 1 amide bonds. The number of halogens is 6. The van der Waals surface area contributed by atoms with Gasteiger partial charge < -0.3 is 14.0 Å². The van der Waals surface area contributed by atoms with Crippen molar-refractivity contribution in [2.24, 2.45) is 4.99 Å². The number of ether oxygens (including phenoxy) is 2. The van der Waals surface area contributed by atoms with Crippen molar-refractivity contribution < 1.29 is 45.1 Å². The van der Waals surface area contributed by atoms with Crippen molar-refractivity contribution in [2.75, 3.05) is 0 Å². The molecule has 1 aromatic carbocycles. The van der Waals surface area contributed by atoms with Crippen LogP contribution in [-0.2, 0) is 15.0 Å². The first-order chi connectivity index (χ1) is 18.0. The Kier molecular flexibility index (Phi) is 7.12. The van der Waals surface area contributed by atoms with Crippen molar-refractivity contribution in [2.45, 2.75) is 64.1 Å². The third-order valence-corrected chi connectivity index (χ3v) is 5.60. The van der Waals surface area contributed by atoms with Crippen molar-refractivity contribution in [1.29, 1.82) is 0 Å². The van der Waals surface area contributed by atoms with E-state index in [2.05, 4.69) is 20.6 Å². The summed E-state index contributed by atoms with van der Waals surface area (Å²) in [6.45, 7) is 3.07. The number of aromatic nitrogens is 3. The van der Waals surface area contributed by atoms with Gasteiger partial charge in [0.1, 0.15) is 17.1 Å². The molecule has 4 rings (SSSR count). The van der Waals surface area contributed by atoms with Gasteiger partial charge in [-0.1, -0.05) is 5.16 Å². The van der Waals surface area contributed by atoms with Gasteiger partial charge in [0.05, 0.1) is 11.7 Å². The van der Waals surface area contributed by atoms with E-state index in [4.69, 9.17) is 14.0 Å². The van der Waals surface area contributed by atoms with Crippen LogP contribution in [0.15, 0.2) is 46.2 Å². The van der Waals surface area contributed by atoms with E-state index >= 15 is 4.39 Å². The maximum atomic E-state index is 15.1. The molecule has 0 saturated heterocycles. The van der Waals surface area contributed by atoms with Gasteiger partial charge in [-0.2, -0.15) is 27.1 Å². The number of amides is 1. The Morgan fingerprint density at radius 3 is 2.54 bits per heavy atom. The SMILES string of the molecule is CC(C)(C)OC(=O)NC1=N[C@](C)(c2cc(-c3cc(-c4cnn(C(F)F)c4)no3)ccc2F)C[C@@H](C(F)(F)F)O1. The Hall–Kier alpha value is -4.04. The fraction of sp³-hybridized carbons (Fsp3) is 0.417. The average molecular weight is 559 g/mol. The highest BCUT2D eigenvalue weighted by Crippen LogP contribution is 2.42. The standard InChI is InChI=1S/C24H23F6N5O4/c1-22(2,3)38-21(36)32-20-33-23(4,9-18(37-20)24(28,29)30)14-7-12(5-6-15(14)25)17-8-16(34-39-17)13-10-31-35(11-13)19(26)27/h5-8,10-11,18-19H,9H2,1-4H3,(H,32,33,36)/t18-,23-/m0/s1. The van der Waals surface area contributed by atoms with Gasteiger partial charge in [0, 0.05) is 35.4 Å². The Morgan fingerprint density at radius 2 is 1.92 bits per heavy atom. The van der Waals surface area contributed by atoms with Crippen molar-refractivity contribution in [3.63, 3.8) is 0 Å². The first kappa shape index (κ1) is 28.0. The van der Waals surface area contributed by atoms with Crippen molar-refractivity contribution in [3.05, 3.63) is 48.0 Å². The largest absolute Gasteiger partial charge is 0.452 e. The van der Waals surface area contributed by atoms with Gasteiger partial charge in [-0.15, -0.1) is 0 Å². The maximum Gasteiger partial charge on any atom is 0.425 e. The van der Waals surface area contributed by atoms with Gasteiger partial charge >= 0.3 is 18.8 Å². The summed E-state index contributed by atoms with van der Waals surface area (Å²) < 4.78 is 97.6. The second-order valence-electron chi connectivity index (χ2n) is 9.93. The van der Waals surface area contributed by atoms with Crippen LogP contribution in [0.4, 0.5) is 31.1 Å². The van der Waals surface area contributed by atoms with E-state index in [0.717, 1.165) is 18.5 Å². The Bertz CT molecular complexity index is 1390. The lowest BCUT2D eigenvalue weighted by Gasteiger charge is -2.37. The molecule has 3 heterocycles. The molecule has 1 N–H and O–H groups in total. The zero-order valence-electron chi connectivity index (χ0n) is 21.0. The predicted octanol–water partition coefficient (Wildman–Crippen LogP) is 6.19. The molecule has 15 heteroatoms. The van der Waals surface area contributed by atoms with Gasteiger partial charge in [-0.25, -0.2) is 24.2 Å². The molecule has 2 atom stereocenters. The monoisotopic (exact) mass is 559 g/mol. The summed E-state index contributed by atoms with van der Waals surface area (Å²) in [5.74, 6) is -0.794. The topological polar surface area (TPSA) is 104 Å². The zero-order valence-corrected chi connectivity index (χ0v) is 21.0. The van der Waals surface area contributed by atoms with Gasteiger partial charge in [0.25, 0.3) is 6.02 Å². The average Bonchev–Trinajstić information content (AvgIpc) is 3.47. The summed E-state index contributed by atoms with van der Waals surface area (Å²) in [5.41, 5.74) is -2.45. The van der Waals surface area contributed by atoms with Crippen LogP contribution in [0.1, 0.15) is 46.2 Å². The van der Waals surface area contributed by atoms with E-state index in [0.29, 0.717) is 4.68 Å². The molecule has 1 aliphatic heterocycles. The molecule has 39 heavy (non-hydrogen) atoms. The highest BCUT2D eigenvalue weighted by molar-refractivity contribution is 5.91. The third kappa shape index (κ3) is 6.34. The molecule has 0 aliphatic carbocycles. The summed E-state index contributed by atoms with van der Waals surface area (Å²) >= 11 is 0. The Balaban J connectivity index is 1.69. The highest BCUT2D eigenvalue weighted by Gasteiger charge is 2.50. The van der Waals surface area contributed by atoms with Crippen molar-refractivity contribution >= 4 is 12.1 Å². The van der Waals surface area contributed by atoms with Crippen molar-refractivity contribution in [3.8, 4) is 22.6 Å². The molecule has 210 valence electrons. The number of benzene rings is 1. The fourth-order valence-corrected chi connectivity index (χ4v) is 3.85. The summed E-state index contributed by atoms with van der Waals surface area (Å²) in [7, 11) is 0. The molecule has 0 fully saturated rings.